The van der Waals surface area contributed by atoms with E-state index < -0.39 is 4.92 Å². The Morgan fingerprint density at radius 3 is 2.62 bits per heavy atom. The smallest absolute Gasteiger partial charge is 0.404 e. The van der Waals surface area contributed by atoms with E-state index in [1.54, 1.807) is 30.5 Å². The van der Waals surface area contributed by atoms with Crippen molar-refractivity contribution >= 4 is 27.7 Å². The molecule has 0 saturated heterocycles. The van der Waals surface area contributed by atoms with Gasteiger partial charge in [0, 0.05) is 12.1 Å². The van der Waals surface area contributed by atoms with Gasteiger partial charge in [-0.3, -0.25) is 4.79 Å². The summed E-state index contributed by atoms with van der Waals surface area (Å²) in [6.45, 7) is 0.925. The molecule has 148 valence electrons. The van der Waals surface area contributed by atoms with Gasteiger partial charge in [-0.1, -0.05) is 18.2 Å². The van der Waals surface area contributed by atoms with E-state index in [0.29, 0.717) is 34.6 Å². The summed E-state index contributed by atoms with van der Waals surface area (Å²) in [7, 11) is 0. The quantitative estimate of drug-likeness (QED) is 0.448. The molecule has 10 heteroatoms. The fraction of sp³-hybridized carbons (Fsp3) is 0.158. The van der Waals surface area contributed by atoms with Gasteiger partial charge in [0.1, 0.15) is 4.47 Å². The number of nitro groups is 1. The maximum atomic E-state index is 12.4. The van der Waals surface area contributed by atoms with E-state index in [4.69, 9.17) is 9.47 Å². The monoisotopic (exact) mass is 458 g/mol. The molecule has 1 aliphatic rings. The average molecular weight is 459 g/mol. The molecule has 3 aromatic rings. The van der Waals surface area contributed by atoms with Crippen LogP contribution in [0.3, 0.4) is 0 Å². The number of fused-ring (bicyclic) bond motifs is 1. The lowest BCUT2D eigenvalue weighted by Crippen LogP contribution is -2.22. The van der Waals surface area contributed by atoms with Crippen LogP contribution in [0.2, 0.25) is 0 Å². The van der Waals surface area contributed by atoms with Gasteiger partial charge in [0.05, 0.1) is 17.8 Å². The molecule has 0 bridgehead atoms. The van der Waals surface area contributed by atoms with Crippen LogP contribution in [0.25, 0.3) is 0 Å². The molecule has 1 aliphatic heterocycles. The van der Waals surface area contributed by atoms with Gasteiger partial charge >= 0.3 is 5.82 Å². The summed E-state index contributed by atoms with van der Waals surface area (Å²) in [6, 6.07) is 12.5. The van der Waals surface area contributed by atoms with Crippen LogP contribution in [-0.4, -0.2) is 27.4 Å². The molecular weight excluding hydrogens is 444 g/mol. The molecule has 9 nitrogen and oxygen atoms in total. The third kappa shape index (κ3) is 4.21. The van der Waals surface area contributed by atoms with Crippen LogP contribution in [0.4, 0.5) is 5.82 Å². The van der Waals surface area contributed by atoms with Crippen molar-refractivity contribution in [1.29, 1.82) is 0 Å². The van der Waals surface area contributed by atoms with Crippen LogP contribution in [0.5, 0.6) is 11.5 Å². The third-order valence-electron chi connectivity index (χ3n) is 4.32. The van der Waals surface area contributed by atoms with Gasteiger partial charge in [0.15, 0.2) is 11.5 Å². The van der Waals surface area contributed by atoms with E-state index in [1.165, 1.54) is 4.68 Å². The maximum absolute atomic E-state index is 12.4. The minimum Gasteiger partial charge on any atom is -0.454 e. The minimum absolute atomic E-state index is 0.202. The normalized spacial score (nSPS) is 12.0. The van der Waals surface area contributed by atoms with Crippen molar-refractivity contribution in [2.24, 2.45) is 0 Å². The van der Waals surface area contributed by atoms with Crippen molar-refractivity contribution in [2.75, 3.05) is 6.79 Å². The number of halogens is 1. The maximum Gasteiger partial charge on any atom is 0.404 e. The minimum atomic E-state index is -0.547. The van der Waals surface area contributed by atoms with Gasteiger partial charge in [0.2, 0.25) is 6.79 Å². The zero-order valence-corrected chi connectivity index (χ0v) is 16.6. The lowest BCUT2D eigenvalue weighted by Gasteiger charge is -2.07. The summed E-state index contributed by atoms with van der Waals surface area (Å²) in [4.78, 5) is 22.7. The average Bonchev–Trinajstić information content (AvgIpc) is 3.32. The molecule has 4 rings (SSSR count). The molecule has 0 spiro atoms. The number of carbonyl (C=O) groups is 1. The molecule has 1 amide bonds. The van der Waals surface area contributed by atoms with Crippen molar-refractivity contribution in [3.05, 3.63) is 79.9 Å². The molecular formula is C19H15BrN4O5. The van der Waals surface area contributed by atoms with Crippen molar-refractivity contribution in [2.45, 2.75) is 13.1 Å². The fourth-order valence-corrected chi connectivity index (χ4v) is 3.34. The largest absolute Gasteiger partial charge is 0.454 e. The number of nitrogens with one attached hydrogen (secondary N) is 1. The number of ether oxygens (including phenoxy) is 2. The second-order valence-corrected chi connectivity index (χ2v) is 7.18. The Morgan fingerprint density at radius 1 is 1.17 bits per heavy atom. The van der Waals surface area contributed by atoms with Crippen LogP contribution in [0.1, 0.15) is 21.5 Å². The highest BCUT2D eigenvalue weighted by atomic mass is 79.9. The van der Waals surface area contributed by atoms with Crippen LogP contribution in [-0.2, 0) is 13.1 Å². The number of carbonyl (C=O) groups excluding carboxylic acids is 1. The highest BCUT2D eigenvalue weighted by molar-refractivity contribution is 9.10. The van der Waals surface area contributed by atoms with E-state index >= 15 is 0 Å². The molecule has 0 radical (unpaired) electrons. The highest BCUT2D eigenvalue weighted by Crippen LogP contribution is 2.32. The summed E-state index contributed by atoms with van der Waals surface area (Å²) in [5.74, 6) is 0.938. The molecule has 1 aromatic heterocycles. The molecule has 0 atom stereocenters. The van der Waals surface area contributed by atoms with Crippen LogP contribution >= 0.6 is 15.9 Å². The number of aromatic nitrogens is 2. The van der Waals surface area contributed by atoms with Gasteiger partial charge in [-0.25, -0.2) is 0 Å². The topological polar surface area (TPSA) is 109 Å². The molecule has 0 saturated carbocycles. The standard InChI is InChI=1S/C19H15BrN4O5/c20-15-10-23(22-18(15)24(26)27)9-12-1-4-14(5-2-12)19(25)21-8-13-3-6-16-17(7-13)29-11-28-16/h1-7,10H,8-9,11H2,(H,21,25). The first-order valence-corrected chi connectivity index (χ1v) is 9.42. The molecule has 0 aliphatic carbocycles. The van der Waals surface area contributed by atoms with Crippen LogP contribution < -0.4 is 14.8 Å². The van der Waals surface area contributed by atoms with Crippen molar-refractivity contribution in [1.82, 2.24) is 15.1 Å². The Balaban J connectivity index is 1.36. The molecule has 2 heterocycles. The summed E-state index contributed by atoms with van der Waals surface area (Å²) in [5, 5.41) is 17.7. The third-order valence-corrected chi connectivity index (χ3v) is 4.88. The lowest BCUT2D eigenvalue weighted by molar-refractivity contribution is -0.390. The number of nitrogens with zero attached hydrogens (tertiary/aromatic N) is 3. The number of rotatable bonds is 6. The van der Waals surface area contributed by atoms with Gasteiger partial charge < -0.3 is 24.9 Å². The van der Waals surface area contributed by atoms with E-state index in [9.17, 15) is 14.9 Å². The van der Waals surface area contributed by atoms with E-state index in [0.717, 1.165) is 11.1 Å². The Hall–Kier alpha value is -3.40. The Labute approximate surface area is 173 Å². The molecule has 1 N–H and O–H groups in total. The number of amides is 1. The SMILES string of the molecule is O=C(NCc1ccc2c(c1)OCO2)c1ccc(Cn2cc(Br)c([N+](=O)[O-])n2)cc1. The Morgan fingerprint density at radius 2 is 1.90 bits per heavy atom. The van der Waals surface area contributed by atoms with Crippen LogP contribution in [0.15, 0.2) is 53.1 Å². The number of benzene rings is 2. The Bertz CT molecular complexity index is 1080. The summed E-state index contributed by atoms with van der Waals surface area (Å²) in [5.41, 5.74) is 2.29. The first-order chi connectivity index (χ1) is 14.0. The number of hydrogen-bond acceptors (Lipinski definition) is 6. The van der Waals surface area contributed by atoms with Gasteiger partial charge in [-0.15, -0.1) is 0 Å². The highest BCUT2D eigenvalue weighted by Gasteiger charge is 2.18. The summed E-state index contributed by atoms with van der Waals surface area (Å²) < 4.78 is 12.4. The van der Waals surface area contributed by atoms with Gasteiger partial charge in [-0.2, -0.15) is 4.68 Å². The first-order valence-electron chi connectivity index (χ1n) is 8.62. The lowest BCUT2D eigenvalue weighted by atomic mass is 10.1. The Kier molecular flexibility index (Phi) is 5.17. The molecule has 0 unspecified atom stereocenters. The fourth-order valence-electron chi connectivity index (χ4n) is 2.88. The zero-order chi connectivity index (χ0) is 20.4. The molecule has 0 fully saturated rings. The summed E-state index contributed by atoms with van der Waals surface area (Å²) in [6.07, 6.45) is 1.55. The predicted octanol–water partition coefficient (Wildman–Crippen LogP) is 3.26. The van der Waals surface area contributed by atoms with Crippen molar-refractivity contribution < 1.29 is 19.2 Å². The second-order valence-electron chi connectivity index (χ2n) is 6.32. The van der Waals surface area contributed by atoms with E-state index in [2.05, 4.69) is 26.3 Å². The van der Waals surface area contributed by atoms with Crippen LogP contribution in [0, 0.1) is 10.1 Å². The van der Waals surface area contributed by atoms with E-state index in [-0.39, 0.29) is 18.5 Å². The predicted molar refractivity (Wildman–Crippen MR) is 106 cm³/mol. The van der Waals surface area contributed by atoms with Gasteiger partial charge in [0.25, 0.3) is 5.91 Å². The number of hydrogen-bond donors (Lipinski definition) is 1. The first kappa shape index (κ1) is 18.9. The molecule has 29 heavy (non-hydrogen) atoms. The molecule has 2 aromatic carbocycles. The van der Waals surface area contributed by atoms with Crippen molar-refractivity contribution in [3.8, 4) is 11.5 Å². The zero-order valence-electron chi connectivity index (χ0n) is 15.0. The summed E-state index contributed by atoms with van der Waals surface area (Å²) >= 11 is 3.12. The van der Waals surface area contributed by atoms with Gasteiger partial charge in [-0.05, 0) is 56.2 Å². The van der Waals surface area contributed by atoms with E-state index in [1.807, 2.05) is 18.2 Å². The van der Waals surface area contributed by atoms with Crippen molar-refractivity contribution in [3.63, 3.8) is 0 Å². The second kappa shape index (κ2) is 7.92.